The van der Waals surface area contributed by atoms with Crippen LogP contribution in [0.1, 0.15) is 50.2 Å². The minimum atomic E-state index is -4.50. The number of nitrogens with zero attached hydrogens (tertiary/aromatic N) is 3. The van der Waals surface area contributed by atoms with Gasteiger partial charge in [0.05, 0.1) is 11.1 Å². The fraction of sp³-hybridized carbons (Fsp3) is 0.294. The van der Waals surface area contributed by atoms with Crippen molar-refractivity contribution in [2.75, 3.05) is 33.2 Å². The molecule has 0 radical (unpaired) electrons. The first-order valence-corrected chi connectivity index (χ1v) is 13.8. The van der Waals surface area contributed by atoms with Gasteiger partial charge in [-0.25, -0.2) is 0 Å². The Morgan fingerprint density at radius 3 is 2.56 bits per heavy atom. The summed E-state index contributed by atoms with van der Waals surface area (Å²) in [6.07, 6.45) is -0.199. The van der Waals surface area contributed by atoms with Crippen molar-refractivity contribution in [3.05, 3.63) is 112 Å². The van der Waals surface area contributed by atoms with Gasteiger partial charge in [-0.3, -0.25) is 14.7 Å². The first kappa shape index (κ1) is 28.5. The molecule has 41 heavy (non-hydrogen) atoms. The van der Waals surface area contributed by atoms with Gasteiger partial charge in [0.1, 0.15) is 0 Å². The predicted octanol–water partition coefficient (Wildman–Crippen LogP) is 6.52. The highest BCUT2D eigenvalue weighted by Crippen LogP contribution is 2.34. The Hall–Kier alpha value is -3.99. The number of aryl methyl sites for hydroxylation is 1. The summed E-state index contributed by atoms with van der Waals surface area (Å²) >= 11 is 0. The largest absolute Gasteiger partial charge is 0.416 e. The Bertz CT molecular complexity index is 1630. The van der Waals surface area contributed by atoms with Crippen LogP contribution in [0.15, 0.2) is 73.1 Å². The lowest BCUT2D eigenvalue weighted by atomic mass is 9.96. The molecule has 0 N–H and O–H groups in total. The fourth-order valence-electron chi connectivity index (χ4n) is 5.20. The summed E-state index contributed by atoms with van der Waals surface area (Å²) in [7, 11) is 2.03. The SMILES string of the molecule is Cc1ccc(C(=O)Cc2ccc(CN3CCCN(C)CC3)c(C(F)(F)F)c2)cc1C#Cc1cncc2ccccc12. The number of Topliss-reactive ketones (excluding diaryl/α,β-unsaturated/α-hetero) is 1. The van der Waals surface area contributed by atoms with Gasteiger partial charge in [0.15, 0.2) is 5.78 Å². The number of likely N-dealkylation sites (N-methyl/N-ethyl adjacent to an activating group) is 1. The number of halogens is 3. The van der Waals surface area contributed by atoms with Crippen molar-refractivity contribution in [3.63, 3.8) is 0 Å². The van der Waals surface area contributed by atoms with Gasteiger partial charge in [-0.2, -0.15) is 13.2 Å². The van der Waals surface area contributed by atoms with E-state index in [1.165, 1.54) is 6.07 Å². The number of hydrogen-bond donors (Lipinski definition) is 0. The second kappa shape index (κ2) is 12.3. The molecule has 1 fully saturated rings. The third-order valence-corrected chi connectivity index (χ3v) is 7.61. The zero-order chi connectivity index (χ0) is 29.0. The highest BCUT2D eigenvalue weighted by atomic mass is 19.4. The number of fused-ring (bicyclic) bond motifs is 1. The van der Waals surface area contributed by atoms with Crippen molar-refractivity contribution in [1.82, 2.24) is 14.8 Å². The lowest BCUT2D eigenvalue weighted by Crippen LogP contribution is -2.29. The molecule has 0 saturated carbocycles. The van der Waals surface area contributed by atoms with Crippen LogP contribution < -0.4 is 0 Å². The van der Waals surface area contributed by atoms with E-state index in [-0.39, 0.29) is 24.3 Å². The Morgan fingerprint density at radius 1 is 0.927 bits per heavy atom. The van der Waals surface area contributed by atoms with Crippen LogP contribution in [0.3, 0.4) is 0 Å². The molecule has 0 atom stereocenters. The number of hydrogen-bond acceptors (Lipinski definition) is 4. The molecule has 1 saturated heterocycles. The van der Waals surface area contributed by atoms with Gasteiger partial charge in [-0.15, -0.1) is 0 Å². The minimum Gasteiger partial charge on any atom is -0.305 e. The number of carbonyl (C=O) groups excluding carboxylic acids is 1. The number of aromatic nitrogens is 1. The first-order valence-electron chi connectivity index (χ1n) is 13.8. The summed E-state index contributed by atoms with van der Waals surface area (Å²) in [6, 6.07) is 17.4. The Labute approximate surface area is 238 Å². The third-order valence-electron chi connectivity index (χ3n) is 7.61. The second-order valence-corrected chi connectivity index (χ2v) is 10.7. The maximum Gasteiger partial charge on any atom is 0.416 e. The topological polar surface area (TPSA) is 36.4 Å². The van der Waals surface area contributed by atoms with Gasteiger partial charge < -0.3 is 4.90 Å². The van der Waals surface area contributed by atoms with E-state index in [0.717, 1.165) is 60.6 Å². The van der Waals surface area contributed by atoms with Crippen LogP contribution >= 0.6 is 0 Å². The minimum absolute atomic E-state index is 0.124. The van der Waals surface area contributed by atoms with Crippen molar-refractivity contribution < 1.29 is 18.0 Å². The molecule has 0 aliphatic carbocycles. The van der Waals surface area contributed by atoms with Crippen molar-refractivity contribution >= 4 is 16.6 Å². The van der Waals surface area contributed by atoms with Crippen LogP contribution in [0, 0.1) is 18.8 Å². The summed E-state index contributed by atoms with van der Waals surface area (Å²) in [5, 5.41) is 1.98. The number of carbonyl (C=O) groups is 1. The number of ketones is 1. The average molecular weight is 556 g/mol. The molecule has 0 amide bonds. The number of alkyl halides is 3. The van der Waals surface area contributed by atoms with Crippen LogP contribution in [-0.4, -0.2) is 53.8 Å². The quantitative estimate of drug-likeness (QED) is 0.207. The van der Waals surface area contributed by atoms with Crippen molar-refractivity contribution in [2.24, 2.45) is 0 Å². The molecule has 210 valence electrons. The Balaban J connectivity index is 1.36. The number of pyridine rings is 1. The zero-order valence-corrected chi connectivity index (χ0v) is 23.3. The van der Waals surface area contributed by atoms with Crippen LogP contribution in [0.5, 0.6) is 0 Å². The molecule has 1 aliphatic rings. The van der Waals surface area contributed by atoms with Crippen molar-refractivity contribution in [1.29, 1.82) is 0 Å². The second-order valence-electron chi connectivity index (χ2n) is 10.7. The number of rotatable bonds is 5. The molecule has 2 heterocycles. The van der Waals surface area contributed by atoms with E-state index in [0.29, 0.717) is 16.7 Å². The lowest BCUT2D eigenvalue weighted by Gasteiger charge is -2.23. The maximum absolute atomic E-state index is 14.1. The summed E-state index contributed by atoms with van der Waals surface area (Å²) in [5.41, 5.74) is 2.72. The molecule has 3 aromatic carbocycles. The fourth-order valence-corrected chi connectivity index (χ4v) is 5.20. The highest BCUT2D eigenvalue weighted by molar-refractivity contribution is 5.98. The lowest BCUT2D eigenvalue weighted by molar-refractivity contribution is -0.138. The van der Waals surface area contributed by atoms with Gasteiger partial charge in [-0.1, -0.05) is 60.4 Å². The van der Waals surface area contributed by atoms with Crippen LogP contribution in [0.4, 0.5) is 13.2 Å². The van der Waals surface area contributed by atoms with Gasteiger partial charge in [-0.05, 0) is 62.3 Å². The molecule has 1 aromatic heterocycles. The van der Waals surface area contributed by atoms with Gasteiger partial charge in [0.25, 0.3) is 0 Å². The van der Waals surface area contributed by atoms with Crippen LogP contribution in [0.25, 0.3) is 10.8 Å². The molecule has 4 aromatic rings. The van der Waals surface area contributed by atoms with E-state index in [4.69, 9.17) is 0 Å². The van der Waals surface area contributed by atoms with Crippen molar-refractivity contribution in [3.8, 4) is 11.8 Å². The summed E-state index contributed by atoms with van der Waals surface area (Å²) in [5.74, 6) is 6.09. The summed E-state index contributed by atoms with van der Waals surface area (Å²) in [6.45, 7) is 5.41. The van der Waals surface area contributed by atoms with Gasteiger partial charge >= 0.3 is 6.18 Å². The van der Waals surface area contributed by atoms with Crippen LogP contribution in [-0.2, 0) is 19.1 Å². The molecule has 4 nitrogen and oxygen atoms in total. The zero-order valence-electron chi connectivity index (χ0n) is 23.3. The molecule has 0 bridgehead atoms. The third kappa shape index (κ3) is 7.02. The molecule has 0 spiro atoms. The first-order chi connectivity index (χ1) is 19.7. The summed E-state index contributed by atoms with van der Waals surface area (Å²) < 4.78 is 42.2. The molecule has 0 unspecified atom stereocenters. The molecule has 5 rings (SSSR count). The average Bonchev–Trinajstić information content (AvgIpc) is 3.16. The van der Waals surface area contributed by atoms with E-state index >= 15 is 0 Å². The van der Waals surface area contributed by atoms with E-state index in [2.05, 4.69) is 26.6 Å². The molecular weight excluding hydrogens is 523 g/mol. The van der Waals surface area contributed by atoms with Crippen molar-refractivity contribution in [2.45, 2.75) is 32.5 Å². The molecular formula is C34H32F3N3O. The van der Waals surface area contributed by atoms with E-state index < -0.39 is 11.7 Å². The predicted molar refractivity (Wildman–Crippen MR) is 156 cm³/mol. The molecule has 1 aliphatic heterocycles. The highest BCUT2D eigenvalue weighted by Gasteiger charge is 2.34. The monoisotopic (exact) mass is 555 g/mol. The summed E-state index contributed by atoms with van der Waals surface area (Å²) in [4.78, 5) is 21.7. The van der Waals surface area contributed by atoms with Crippen LogP contribution in [0.2, 0.25) is 0 Å². The van der Waals surface area contributed by atoms with Gasteiger partial charge in [0.2, 0.25) is 0 Å². The maximum atomic E-state index is 14.1. The Kier molecular flexibility index (Phi) is 8.53. The van der Waals surface area contributed by atoms with E-state index in [9.17, 15) is 18.0 Å². The number of benzene rings is 3. The van der Waals surface area contributed by atoms with E-state index in [1.807, 2.05) is 44.3 Å². The van der Waals surface area contributed by atoms with E-state index in [1.54, 1.807) is 30.6 Å². The smallest absolute Gasteiger partial charge is 0.305 e. The standard InChI is InChI=1S/C34H32F3N3O/c1-24-8-10-27(20-26(24)12-13-29-22-38-21-28-6-3-4-7-31(28)29)33(41)19-25-9-11-30(32(18-25)34(35,36)37)23-40-15-5-14-39(2)16-17-40/h3-4,6-11,18,20-22H,5,14-17,19,23H2,1-2H3. The normalized spacial score (nSPS) is 14.9. The molecule has 7 heteroatoms. The Morgan fingerprint density at radius 2 is 1.73 bits per heavy atom. The van der Waals surface area contributed by atoms with Gasteiger partial charge in [0, 0.05) is 60.3 Å².